The van der Waals surface area contributed by atoms with Gasteiger partial charge in [0.1, 0.15) is 5.82 Å². The summed E-state index contributed by atoms with van der Waals surface area (Å²) in [5, 5.41) is 6.92. The fraction of sp³-hybridized carbons (Fsp3) is 0.211. The van der Waals surface area contributed by atoms with Gasteiger partial charge in [0.05, 0.1) is 16.3 Å². The molecule has 0 aliphatic heterocycles. The maximum atomic E-state index is 13.0. The van der Waals surface area contributed by atoms with Crippen LogP contribution >= 0.6 is 23.4 Å². The van der Waals surface area contributed by atoms with E-state index in [2.05, 4.69) is 15.2 Å². The molecule has 4 rings (SSSR count). The molecule has 0 aliphatic rings. The summed E-state index contributed by atoms with van der Waals surface area (Å²) in [4.78, 5) is 4.69. The number of alkyl halides is 3. The first kappa shape index (κ1) is 20.5. The number of nitrogens with two attached hydrogens (primary N) is 1. The van der Waals surface area contributed by atoms with Crippen LogP contribution in [0.3, 0.4) is 0 Å². The molecular formula is C19H16ClF3N6S. The number of rotatable bonds is 5. The molecule has 1 atom stereocenters. The van der Waals surface area contributed by atoms with Crippen LogP contribution in [0.4, 0.5) is 13.2 Å². The Morgan fingerprint density at radius 2 is 1.87 bits per heavy atom. The highest BCUT2D eigenvalue weighted by Gasteiger charge is 2.38. The minimum atomic E-state index is -4.68. The highest BCUT2D eigenvalue weighted by Crippen LogP contribution is 2.37. The Morgan fingerprint density at radius 3 is 2.53 bits per heavy atom. The first-order valence-corrected chi connectivity index (χ1v) is 10.1. The molecule has 2 heterocycles. The van der Waals surface area contributed by atoms with Gasteiger partial charge >= 0.3 is 6.18 Å². The molecule has 0 bridgehead atoms. The van der Waals surface area contributed by atoms with Gasteiger partial charge in [-0.15, -0.1) is 10.2 Å². The summed E-state index contributed by atoms with van der Waals surface area (Å²) in [6, 6.07) is 15.2. The van der Waals surface area contributed by atoms with Crippen molar-refractivity contribution in [3.05, 3.63) is 70.8 Å². The summed E-state index contributed by atoms with van der Waals surface area (Å²) in [6.45, 7) is 2.37. The molecule has 0 radical (unpaired) electrons. The third-order valence-corrected chi connectivity index (χ3v) is 5.78. The average Bonchev–Trinajstić information content (AvgIpc) is 3.23. The molecule has 2 aromatic carbocycles. The number of nitrogens with zero attached hydrogens (tertiary/aromatic N) is 5. The van der Waals surface area contributed by atoms with Crippen molar-refractivity contribution in [2.75, 3.05) is 5.84 Å². The lowest BCUT2D eigenvalue weighted by Gasteiger charge is -2.14. The molecule has 6 nitrogen and oxygen atoms in total. The number of benzene rings is 2. The van der Waals surface area contributed by atoms with Crippen LogP contribution in [-0.4, -0.2) is 24.4 Å². The molecule has 30 heavy (non-hydrogen) atoms. The van der Waals surface area contributed by atoms with Gasteiger partial charge in [0, 0.05) is 11.6 Å². The van der Waals surface area contributed by atoms with Gasteiger partial charge in [0.25, 0.3) is 5.82 Å². The predicted molar refractivity (Wildman–Crippen MR) is 110 cm³/mol. The number of halogens is 4. The topological polar surface area (TPSA) is 74.6 Å². The Bertz CT molecular complexity index is 1190. The normalized spacial score (nSPS) is 13.1. The van der Waals surface area contributed by atoms with Gasteiger partial charge in [-0.05, 0) is 30.7 Å². The van der Waals surface area contributed by atoms with E-state index in [4.69, 9.17) is 17.4 Å². The van der Waals surface area contributed by atoms with E-state index < -0.39 is 12.0 Å². The summed E-state index contributed by atoms with van der Waals surface area (Å²) in [5.74, 6) is 4.99. The zero-order valence-corrected chi connectivity index (χ0v) is 17.2. The van der Waals surface area contributed by atoms with Crippen LogP contribution in [0, 0.1) is 0 Å². The van der Waals surface area contributed by atoms with Crippen LogP contribution in [0.15, 0.2) is 53.7 Å². The van der Waals surface area contributed by atoms with Gasteiger partial charge in [-0.3, -0.25) is 0 Å². The monoisotopic (exact) mass is 452 g/mol. The van der Waals surface area contributed by atoms with Crippen molar-refractivity contribution in [1.29, 1.82) is 0 Å². The fourth-order valence-corrected chi connectivity index (χ4v) is 4.18. The maximum Gasteiger partial charge on any atom is 0.453 e. The van der Waals surface area contributed by atoms with Gasteiger partial charge in [-0.1, -0.05) is 53.7 Å². The van der Waals surface area contributed by atoms with E-state index in [-0.39, 0.29) is 10.4 Å². The van der Waals surface area contributed by atoms with E-state index in [1.807, 2.05) is 47.9 Å². The lowest BCUT2D eigenvalue weighted by Crippen LogP contribution is -2.21. The van der Waals surface area contributed by atoms with E-state index in [1.165, 1.54) is 0 Å². The zero-order valence-electron chi connectivity index (χ0n) is 15.6. The molecule has 156 valence electrons. The summed E-state index contributed by atoms with van der Waals surface area (Å²) in [6.07, 6.45) is -4.68. The first-order valence-electron chi connectivity index (χ1n) is 8.88. The summed E-state index contributed by atoms with van der Waals surface area (Å²) < 4.78 is 41.4. The molecule has 0 saturated heterocycles. The van der Waals surface area contributed by atoms with E-state index in [0.717, 1.165) is 22.8 Å². The highest BCUT2D eigenvalue weighted by molar-refractivity contribution is 7.99. The molecule has 2 N–H and O–H groups in total. The largest absolute Gasteiger partial charge is 0.453 e. The minimum absolute atomic E-state index is 0.0498. The van der Waals surface area contributed by atoms with Crippen LogP contribution < -0.4 is 5.84 Å². The molecular weight excluding hydrogens is 437 g/mol. The van der Waals surface area contributed by atoms with Gasteiger partial charge in [0.15, 0.2) is 0 Å². The van der Waals surface area contributed by atoms with Gasteiger partial charge in [-0.2, -0.15) is 13.2 Å². The summed E-state index contributed by atoms with van der Waals surface area (Å²) >= 11 is 7.17. The lowest BCUT2D eigenvalue weighted by molar-refractivity contribution is -0.146. The van der Waals surface area contributed by atoms with E-state index in [0.29, 0.717) is 27.6 Å². The molecule has 0 amide bonds. The van der Waals surface area contributed by atoms with Crippen LogP contribution in [0.2, 0.25) is 5.02 Å². The smallest absolute Gasteiger partial charge is 0.335 e. The number of imidazole rings is 1. The second-order valence-electron chi connectivity index (χ2n) is 6.61. The lowest BCUT2D eigenvalue weighted by atomic mass is 10.2. The predicted octanol–water partition coefficient (Wildman–Crippen LogP) is 4.92. The van der Waals surface area contributed by atoms with Crippen LogP contribution in [0.1, 0.15) is 29.4 Å². The van der Waals surface area contributed by atoms with Gasteiger partial charge in [0.2, 0.25) is 5.16 Å². The molecule has 0 saturated carbocycles. The van der Waals surface area contributed by atoms with E-state index in [9.17, 15) is 13.2 Å². The highest BCUT2D eigenvalue weighted by atomic mass is 35.5. The Balaban J connectivity index is 1.72. The van der Waals surface area contributed by atoms with Crippen molar-refractivity contribution >= 4 is 34.4 Å². The summed E-state index contributed by atoms with van der Waals surface area (Å²) in [5.41, 5.74) is 2.63. The fourth-order valence-electron chi connectivity index (χ4n) is 3.13. The van der Waals surface area contributed by atoms with Crippen molar-refractivity contribution in [2.24, 2.45) is 0 Å². The van der Waals surface area contributed by atoms with Crippen molar-refractivity contribution in [1.82, 2.24) is 24.4 Å². The average molecular weight is 453 g/mol. The number of fused-ring (bicyclic) bond motifs is 1. The van der Waals surface area contributed by atoms with Gasteiger partial charge < -0.3 is 10.4 Å². The number of nitrogen functional groups attached to an aromatic ring is 1. The Labute approximate surface area is 178 Å². The zero-order chi connectivity index (χ0) is 21.5. The van der Waals surface area contributed by atoms with Crippen LogP contribution in [0.5, 0.6) is 0 Å². The Morgan fingerprint density at radius 1 is 1.13 bits per heavy atom. The van der Waals surface area contributed by atoms with E-state index >= 15 is 0 Å². The number of hydrogen-bond donors (Lipinski definition) is 1. The standard InChI is InChI=1S/C19H16ClF3N6S/c1-11(30-18-27-26-17(29(18)24)19(21,22)23)16-25-14-9-13(20)7-8-15(14)28(16)10-12-5-3-2-4-6-12/h2-9,11H,10,24H2,1H3. The minimum Gasteiger partial charge on any atom is -0.335 e. The third kappa shape index (κ3) is 3.97. The molecule has 2 aromatic heterocycles. The molecule has 0 spiro atoms. The first-order chi connectivity index (χ1) is 14.2. The number of aromatic nitrogens is 5. The third-order valence-electron chi connectivity index (χ3n) is 4.49. The Hall–Kier alpha value is -2.72. The van der Waals surface area contributed by atoms with Crippen molar-refractivity contribution in [3.63, 3.8) is 0 Å². The number of thioether (sulfide) groups is 1. The maximum absolute atomic E-state index is 13.0. The molecule has 4 aromatic rings. The molecule has 0 fully saturated rings. The van der Waals surface area contributed by atoms with E-state index in [1.54, 1.807) is 12.1 Å². The SMILES string of the molecule is CC(Sc1nnc(C(F)(F)F)n1N)c1nc2cc(Cl)ccc2n1Cc1ccccc1. The van der Waals surface area contributed by atoms with Crippen LogP contribution in [-0.2, 0) is 12.7 Å². The van der Waals surface area contributed by atoms with Crippen molar-refractivity contribution in [3.8, 4) is 0 Å². The second-order valence-corrected chi connectivity index (χ2v) is 8.35. The Kier molecular flexibility index (Phi) is 5.37. The van der Waals surface area contributed by atoms with Crippen molar-refractivity contribution < 1.29 is 13.2 Å². The summed E-state index contributed by atoms with van der Waals surface area (Å²) in [7, 11) is 0. The van der Waals surface area contributed by atoms with Crippen molar-refractivity contribution in [2.45, 2.75) is 30.1 Å². The molecule has 0 aliphatic carbocycles. The quantitative estimate of drug-likeness (QED) is 0.344. The molecule has 11 heteroatoms. The van der Waals surface area contributed by atoms with Gasteiger partial charge in [-0.25, -0.2) is 9.66 Å². The second kappa shape index (κ2) is 7.84. The number of hydrogen-bond acceptors (Lipinski definition) is 5. The van der Waals surface area contributed by atoms with Crippen LogP contribution in [0.25, 0.3) is 11.0 Å². The molecule has 1 unspecified atom stereocenters.